The summed E-state index contributed by atoms with van der Waals surface area (Å²) in [7, 11) is 0. The van der Waals surface area contributed by atoms with E-state index in [4.69, 9.17) is 0 Å². The Labute approximate surface area is 111 Å². The van der Waals surface area contributed by atoms with Crippen LogP contribution in [0.3, 0.4) is 0 Å². The van der Waals surface area contributed by atoms with Crippen LogP contribution in [0, 0.1) is 5.82 Å². The van der Waals surface area contributed by atoms with Gasteiger partial charge in [0.25, 0.3) is 5.91 Å². The average molecular weight is 261 g/mol. The van der Waals surface area contributed by atoms with Gasteiger partial charge in [0.1, 0.15) is 17.8 Å². The minimum absolute atomic E-state index is 0.186. The molecular weight excluding hydrogens is 245 g/mol. The zero-order valence-electron chi connectivity index (χ0n) is 10.8. The molecule has 100 valence electrons. The zero-order chi connectivity index (χ0) is 13.7. The molecule has 1 N–H and O–H groups in total. The number of aromatic nitrogens is 2. The first kappa shape index (κ1) is 13.3. The number of unbranched alkanes of at least 4 members (excludes halogenated alkanes) is 1. The maximum absolute atomic E-state index is 12.8. The van der Waals surface area contributed by atoms with Gasteiger partial charge in [-0.05, 0) is 30.7 Å². The second kappa shape index (κ2) is 6.13. The third kappa shape index (κ3) is 3.40. The molecule has 0 unspecified atom stereocenters. The molecule has 1 amide bonds. The fourth-order valence-electron chi connectivity index (χ4n) is 1.66. The maximum atomic E-state index is 12.8. The molecule has 1 aromatic carbocycles. The van der Waals surface area contributed by atoms with Crippen LogP contribution < -0.4 is 5.32 Å². The largest absolute Gasteiger partial charge is 0.351 e. The van der Waals surface area contributed by atoms with Gasteiger partial charge in [-0.2, -0.15) is 0 Å². The number of nitrogens with zero attached hydrogens (tertiary/aromatic N) is 2. The summed E-state index contributed by atoms with van der Waals surface area (Å²) in [6.45, 7) is 2.72. The number of imidazole rings is 1. The van der Waals surface area contributed by atoms with Crippen LogP contribution in [0.15, 0.2) is 36.8 Å². The lowest BCUT2D eigenvalue weighted by molar-refractivity contribution is 0.0948. The van der Waals surface area contributed by atoms with Crippen molar-refractivity contribution in [2.24, 2.45) is 0 Å². The first-order valence-electron chi connectivity index (χ1n) is 6.29. The zero-order valence-corrected chi connectivity index (χ0v) is 10.8. The van der Waals surface area contributed by atoms with E-state index in [9.17, 15) is 9.18 Å². The van der Waals surface area contributed by atoms with Crippen molar-refractivity contribution in [2.45, 2.75) is 19.8 Å². The summed E-state index contributed by atoms with van der Waals surface area (Å²) >= 11 is 0. The Bertz CT molecular complexity index is 548. The molecule has 19 heavy (non-hydrogen) atoms. The van der Waals surface area contributed by atoms with Gasteiger partial charge >= 0.3 is 0 Å². The minimum atomic E-state index is -0.290. The van der Waals surface area contributed by atoms with Gasteiger partial charge in [0.2, 0.25) is 0 Å². The fourth-order valence-corrected chi connectivity index (χ4v) is 1.66. The standard InChI is InChI=1S/C14H16FN3O/c1-2-3-8-16-14(19)13-9-18(10-17-13)12-6-4-11(15)5-7-12/h4-7,9-10H,2-3,8H2,1H3,(H,16,19). The Balaban J connectivity index is 2.06. The number of rotatable bonds is 5. The smallest absolute Gasteiger partial charge is 0.271 e. The molecule has 0 spiro atoms. The van der Waals surface area contributed by atoms with Gasteiger partial charge in [0, 0.05) is 18.4 Å². The van der Waals surface area contributed by atoms with Crippen molar-refractivity contribution in [1.82, 2.24) is 14.9 Å². The van der Waals surface area contributed by atoms with Crippen LogP contribution in [-0.4, -0.2) is 22.0 Å². The average Bonchev–Trinajstić information content (AvgIpc) is 2.89. The Kier molecular flexibility index (Phi) is 4.28. The van der Waals surface area contributed by atoms with Crippen LogP contribution in [0.25, 0.3) is 5.69 Å². The van der Waals surface area contributed by atoms with Crippen molar-refractivity contribution in [3.8, 4) is 5.69 Å². The number of halogens is 1. The molecule has 0 saturated carbocycles. The molecule has 0 aliphatic heterocycles. The molecule has 2 aromatic rings. The van der Waals surface area contributed by atoms with Crippen LogP contribution in [0.4, 0.5) is 4.39 Å². The van der Waals surface area contributed by atoms with Crippen molar-refractivity contribution in [1.29, 1.82) is 0 Å². The van der Waals surface area contributed by atoms with Crippen molar-refractivity contribution in [3.63, 3.8) is 0 Å². The van der Waals surface area contributed by atoms with Crippen LogP contribution in [0.1, 0.15) is 30.3 Å². The quantitative estimate of drug-likeness (QED) is 0.841. The van der Waals surface area contributed by atoms with E-state index in [1.165, 1.54) is 12.1 Å². The Hall–Kier alpha value is -2.17. The first-order chi connectivity index (χ1) is 9.20. The van der Waals surface area contributed by atoms with Gasteiger partial charge in [-0.1, -0.05) is 13.3 Å². The summed E-state index contributed by atoms with van der Waals surface area (Å²) < 4.78 is 14.5. The van der Waals surface area contributed by atoms with Crippen molar-refractivity contribution in [3.05, 3.63) is 48.3 Å². The van der Waals surface area contributed by atoms with Gasteiger partial charge < -0.3 is 9.88 Å². The SMILES string of the molecule is CCCCNC(=O)c1cn(-c2ccc(F)cc2)cn1. The summed E-state index contributed by atoms with van der Waals surface area (Å²) in [6, 6.07) is 6.01. The third-order valence-corrected chi connectivity index (χ3v) is 2.76. The number of carbonyl (C=O) groups is 1. The summed E-state index contributed by atoms with van der Waals surface area (Å²) in [5.41, 5.74) is 1.13. The van der Waals surface area contributed by atoms with Gasteiger partial charge in [-0.25, -0.2) is 9.37 Å². The molecule has 2 rings (SSSR count). The van der Waals surface area contributed by atoms with Crippen LogP contribution in [-0.2, 0) is 0 Å². The summed E-state index contributed by atoms with van der Waals surface area (Å²) in [4.78, 5) is 15.8. The van der Waals surface area contributed by atoms with Crippen LogP contribution in [0.5, 0.6) is 0 Å². The molecular formula is C14H16FN3O. The highest BCUT2D eigenvalue weighted by molar-refractivity contribution is 5.92. The van der Waals surface area contributed by atoms with E-state index in [1.54, 1.807) is 29.2 Å². The molecule has 0 aliphatic rings. The van der Waals surface area contributed by atoms with Crippen molar-refractivity contribution < 1.29 is 9.18 Å². The van der Waals surface area contributed by atoms with Gasteiger partial charge in [0.15, 0.2) is 0 Å². The van der Waals surface area contributed by atoms with Gasteiger partial charge in [0.05, 0.1) is 0 Å². The number of benzene rings is 1. The van der Waals surface area contributed by atoms with Crippen molar-refractivity contribution >= 4 is 5.91 Å². The topological polar surface area (TPSA) is 46.9 Å². The number of nitrogens with one attached hydrogen (secondary N) is 1. The normalized spacial score (nSPS) is 10.4. The number of hydrogen-bond acceptors (Lipinski definition) is 2. The minimum Gasteiger partial charge on any atom is -0.351 e. The Morgan fingerprint density at radius 2 is 2.11 bits per heavy atom. The summed E-state index contributed by atoms with van der Waals surface area (Å²) in [5.74, 6) is -0.476. The van der Waals surface area contributed by atoms with Gasteiger partial charge in [-0.3, -0.25) is 4.79 Å². The highest BCUT2D eigenvalue weighted by Gasteiger charge is 2.09. The molecule has 0 atom stereocenters. The second-order valence-electron chi connectivity index (χ2n) is 4.25. The third-order valence-electron chi connectivity index (χ3n) is 2.76. The molecule has 1 heterocycles. The van der Waals surface area contributed by atoms with E-state index in [0.717, 1.165) is 18.5 Å². The Morgan fingerprint density at radius 1 is 1.37 bits per heavy atom. The predicted octanol–water partition coefficient (Wildman–Crippen LogP) is 2.54. The van der Waals surface area contributed by atoms with E-state index in [0.29, 0.717) is 12.2 Å². The lowest BCUT2D eigenvalue weighted by Crippen LogP contribution is -2.24. The van der Waals surface area contributed by atoms with E-state index in [2.05, 4.69) is 17.2 Å². The van der Waals surface area contributed by atoms with Crippen LogP contribution >= 0.6 is 0 Å². The highest BCUT2D eigenvalue weighted by Crippen LogP contribution is 2.09. The predicted molar refractivity (Wildman–Crippen MR) is 70.8 cm³/mol. The molecule has 1 aromatic heterocycles. The van der Waals surface area contributed by atoms with Gasteiger partial charge in [-0.15, -0.1) is 0 Å². The molecule has 0 aliphatic carbocycles. The Morgan fingerprint density at radius 3 is 2.79 bits per heavy atom. The maximum Gasteiger partial charge on any atom is 0.271 e. The molecule has 0 fully saturated rings. The molecule has 5 heteroatoms. The fraction of sp³-hybridized carbons (Fsp3) is 0.286. The molecule has 0 bridgehead atoms. The number of amides is 1. The number of carbonyl (C=O) groups excluding carboxylic acids is 1. The van der Waals surface area contributed by atoms with Crippen molar-refractivity contribution in [2.75, 3.05) is 6.54 Å². The summed E-state index contributed by atoms with van der Waals surface area (Å²) in [5, 5.41) is 2.80. The second-order valence-corrected chi connectivity index (χ2v) is 4.25. The lowest BCUT2D eigenvalue weighted by atomic mass is 10.3. The van der Waals surface area contributed by atoms with Crippen LogP contribution in [0.2, 0.25) is 0 Å². The van der Waals surface area contributed by atoms with E-state index in [1.807, 2.05) is 0 Å². The van der Waals surface area contributed by atoms with E-state index in [-0.39, 0.29) is 11.7 Å². The number of hydrogen-bond donors (Lipinski definition) is 1. The molecule has 0 saturated heterocycles. The van der Waals surface area contributed by atoms with E-state index >= 15 is 0 Å². The molecule has 4 nitrogen and oxygen atoms in total. The highest BCUT2D eigenvalue weighted by atomic mass is 19.1. The first-order valence-corrected chi connectivity index (χ1v) is 6.29. The summed E-state index contributed by atoms with van der Waals surface area (Å²) in [6.07, 6.45) is 5.16. The molecule has 0 radical (unpaired) electrons. The lowest BCUT2D eigenvalue weighted by Gasteiger charge is -2.01. The monoisotopic (exact) mass is 261 g/mol. The van der Waals surface area contributed by atoms with E-state index < -0.39 is 0 Å².